The lowest BCUT2D eigenvalue weighted by Crippen LogP contribution is -2.28. The molecule has 2 atom stereocenters. The van der Waals surface area contributed by atoms with Crippen LogP contribution in [0.3, 0.4) is 0 Å². The van der Waals surface area contributed by atoms with E-state index in [2.05, 4.69) is 11.4 Å². The van der Waals surface area contributed by atoms with E-state index in [1.54, 1.807) is 12.1 Å². The Labute approximate surface area is 144 Å². The molecule has 2 aromatic rings. The van der Waals surface area contributed by atoms with Crippen LogP contribution in [-0.2, 0) is 4.79 Å². The number of halogens is 2. The lowest BCUT2D eigenvalue weighted by atomic mass is 9.88. The second kappa shape index (κ2) is 6.99. The quantitative estimate of drug-likeness (QED) is 0.933. The molecule has 0 radical (unpaired) electrons. The van der Waals surface area contributed by atoms with Gasteiger partial charge < -0.3 is 10.2 Å². The minimum absolute atomic E-state index is 0.0747. The summed E-state index contributed by atoms with van der Waals surface area (Å²) >= 11 is 0. The van der Waals surface area contributed by atoms with Crippen LogP contribution < -0.4 is 5.32 Å². The highest BCUT2D eigenvalue weighted by molar-refractivity contribution is 5.93. The summed E-state index contributed by atoms with van der Waals surface area (Å²) < 4.78 is 27.1. The fraction of sp³-hybridized carbons (Fsp3) is 0.263. The molecule has 1 heterocycles. The SMILES string of the molecule is CN1C[C@H](C(=O)Nc2cccc(F)c2F)[C@@H](c2ccc(C#N)cc2)C1. The maximum Gasteiger partial charge on any atom is 0.229 e. The van der Waals surface area contributed by atoms with Gasteiger partial charge in [-0.05, 0) is 36.9 Å². The van der Waals surface area contributed by atoms with E-state index in [9.17, 15) is 13.6 Å². The number of benzene rings is 2. The number of carbonyl (C=O) groups is 1. The third-order valence-corrected chi connectivity index (χ3v) is 4.52. The van der Waals surface area contributed by atoms with E-state index in [0.29, 0.717) is 18.7 Å². The molecule has 128 valence electrons. The zero-order valence-corrected chi connectivity index (χ0v) is 13.7. The molecule has 0 bridgehead atoms. The third kappa shape index (κ3) is 3.52. The van der Waals surface area contributed by atoms with Crippen molar-refractivity contribution in [1.82, 2.24) is 4.90 Å². The lowest BCUT2D eigenvalue weighted by molar-refractivity contribution is -0.119. The Balaban J connectivity index is 1.82. The summed E-state index contributed by atoms with van der Waals surface area (Å²) in [5.41, 5.74) is 1.35. The van der Waals surface area contributed by atoms with Crippen molar-refractivity contribution in [2.75, 3.05) is 25.5 Å². The van der Waals surface area contributed by atoms with Gasteiger partial charge in [-0.25, -0.2) is 8.78 Å². The first-order valence-electron chi connectivity index (χ1n) is 7.93. The molecule has 1 saturated heterocycles. The number of likely N-dealkylation sites (N-methyl/N-ethyl adjacent to an activating group) is 1. The fourth-order valence-corrected chi connectivity index (χ4v) is 3.23. The van der Waals surface area contributed by atoms with E-state index in [-0.39, 0.29) is 23.4 Å². The molecular weight excluding hydrogens is 324 g/mol. The fourth-order valence-electron chi connectivity index (χ4n) is 3.23. The van der Waals surface area contributed by atoms with E-state index in [1.165, 1.54) is 12.1 Å². The Hall–Kier alpha value is -2.78. The van der Waals surface area contributed by atoms with Crippen LogP contribution in [0.15, 0.2) is 42.5 Å². The van der Waals surface area contributed by atoms with E-state index in [0.717, 1.165) is 11.6 Å². The average molecular weight is 341 g/mol. The van der Waals surface area contributed by atoms with Gasteiger partial charge in [-0.3, -0.25) is 4.79 Å². The number of rotatable bonds is 3. The van der Waals surface area contributed by atoms with Crippen molar-refractivity contribution in [3.05, 3.63) is 65.2 Å². The molecule has 1 fully saturated rings. The van der Waals surface area contributed by atoms with E-state index < -0.39 is 11.6 Å². The summed E-state index contributed by atoms with van der Waals surface area (Å²) in [5.74, 6) is -2.86. The van der Waals surface area contributed by atoms with Crippen molar-refractivity contribution < 1.29 is 13.6 Å². The molecular formula is C19H17F2N3O. The van der Waals surface area contributed by atoms with Crippen molar-refractivity contribution in [3.63, 3.8) is 0 Å². The predicted molar refractivity (Wildman–Crippen MR) is 89.9 cm³/mol. The Morgan fingerprint density at radius 2 is 1.92 bits per heavy atom. The lowest BCUT2D eigenvalue weighted by Gasteiger charge is -2.19. The van der Waals surface area contributed by atoms with Crippen LogP contribution >= 0.6 is 0 Å². The summed E-state index contributed by atoms with van der Waals surface area (Å²) in [6, 6.07) is 12.9. The molecule has 0 unspecified atom stereocenters. The van der Waals surface area contributed by atoms with Gasteiger partial charge in [-0.15, -0.1) is 0 Å². The molecule has 0 aliphatic carbocycles. The van der Waals surface area contributed by atoms with Gasteiger partial charge in [0.25, 0.3) is 0 Å². The van der Waals surface area contributed by atoms with Crippen molar-refractivity contribution in [2.24, 2.45) is 5.92 Å². The molecule has 0 spiro atoms. The van der Waals surface area contributed by atoms with Crippen LogP contribution in [0.2, 0.25) is 0 Å². The van der Waals surface area contributed by atoms with Crippen LogP contribution in [0, 0.1) is 28.9 Å². The summed E-state index contributed by atoms with van der Waals surface area (Å²) in [4.78, 5) is 14.7. The topological polar surface area (TPSA) is 56.1 Å². The number of amides is 1. The van der Waals surface area contributed by atoms with Gasteiger partial charge in [0.15, 0.2) is 11.6 Å². The smallest absolute Gasteiger partial charge is 0.229 e. The molecule has 0 saturated carbocycles. The number of hydrogen-bond acceptors (Lipinski definition) is 3. The number of nitrogens with zero attached hydrogens (tertiary/aromatic N) is 2. The molecule has 1 N–H and O–H groups in total. The standard InChI is InChI=1S/C19H17F2N3O/c1-24-10-14(13-7-5-12(9-22)6-8-13)15(11-24)19(25)23-17-4-2-3-16(20)18(17)21/h2-8,14-15H,10-11H2,1H3,(H,23,25)/t14-,15+/m1/s1. The molecule has 1 amide bonds. The van der Waals surface area contributed by atoms with Gasteiger partial charge in [0.05, 0.1) is 23.2 Å². The van der Waals surface area contributed by atoms with Crippen molar-refractivity contribution in [2.45, 2.75) is 5.92 Å². The van der Waals surface area contributed by atoms with Gasteiger partial charge in [-0.2, -0.15) is 5.26 Å². The number of carbonyl (C=O) groups excluding carboxylic acids is 1. The van der Waals surface area contributed by atoms with Gasteiger partial charge in [0, 0.05) is 19.0 Å². The van der Waals surface area contributed by atoms with Crippen LogP contribution in [0.25, 0.3) is 0 Å². The highest BCUT2D eigenvalue weighted by Gasteiger charge is 2.37. The van der Waals surface area contributed by atoms with Gasteiger partial charge in [-0.1, -0.05) is 18.2 Å². The third-order valence-electron chi connectivity index (χ3n) is 4.52. The molecule has 4 nitrogen and oxygen atoms in total. The van der Waals surface area contributed by atoms with Crippen LogP contribution in [0.1, 0.15) is 17.0 Å². The molecule has 25 heavy (non-hydrogen) atoms. The maximum absolute atomic E-state index is 13.8. The van der Waals surface area contributed by atoms with Crippen LogP contribution in [0.4, 0.5) is 14.5 Å². The van der Waals surface area contributed by atoms with E-state index >= 15 is 0 Å². The minimum atomic E-state index is -1.06. The number of nitrogens with one attached hydrogen (secondary N) is 1. The summed E-state index contributed by atoms with van der Waals surface area (Å²) in [6.07, 6.45) is 0. The highest BCUT2D eigenvalue weighted by Crippen LogP contribution is 2.33. The normalized spacial score (nSPS) is 20.2. The number of anilines is 1. The first kappa shape index (κ1) is 17.1. The number of hydrogen-bond donors (Lipinski definition) is 1. The maximum atomic E-state index is 13.8. The molecule has 3 rings (SSSR count). The Morgan fingerprint density at radius 1 is 1.20 bits per heavy atom. The van der Waals surface area contributed by atoms with Gasteiger partial charge in [0.2, 0.25) is 5.91 Å². The van der Waals surface area contributed by atoms with Crippen LogP contribution in [-0.4, -0.2) is 30.9 Å². The second-order valence-corrected chi connectivity index (χ2v) is 6.26. The largest absolute Gasteiger partial charge is 0.323 e. The minimum Gasteiger partial charge on any atom is -0.323 e. The summed E-state index contributed by atoms with van der Waals surface area (Å²) in [5, 5.41) is 11.4. The summed E-state index contributed by atoms with van der Waals surface area (Å²) in [7, 11) is 1.91. The summed E-state index contributed by atoms with van der Waals surface area (Å²) in [6.45, 7) is 1.20. The Kier molecular flexibility index (Phi) is 4.77. The zero-order chi connectivity index (χ0) is 18.0. The number of nitriles is 1. The monoisotopic (exact) mass is 341 g/mol. The molecule has 1 aliphatic heterocycles. The predicted octanol–water partition coefficient (Wildman–Crippen LogP) is 3.12. The molecule has 0 aromatic heterocycles. The van der Waals surface area contributed by atoms with Crippen molar-refractivity contribution >= 4 is 11.6 Å². The first-order valence-corrected chi connectivity index (χ1v) is 7.93. The molecule has 6 heteroatoms. The highest BCUT2D eigenvalue weighted by atomic mass is 19.2. The van der Waals surface area contributed by atoms with Gasteiger partial charge >= 0.3 is 0 Å². The van der Waals surface area contributed by atoms with Crippen LogP contribution in [0.5, 0.6) is 0 Å². The van der Waals surface area contributed by atoms with Crippen molar-refractivity contribution in [1.29, 1.82) is 5.26 Å². The Morgan fingerprint density at radius 3 is 2.60 bits per heavy atom. The van der Waals surface area contributed by atoms with E-state index in [4.69, 9.17) is 5.26 Å². The van der Waals surface area contributed by atoms with E-state index in [1.807, 2.05) is 24.1 Å². The molecule has 1 aliphatic rings. The zero-order valence-electron chi connectivity index (χ0n) is 13.7. The van der Waals surface area contributed by atoms with Gasteiger partial charge in [0.1, 0.15) is 0 Å². The number of likely N-dealkylation sites (tertiary alicyclic amines) is 1. The Bertz CT molecular complexity index is 830. The second-order valence-electron chi connectivity index (χ2n) is 6.26. The molecule has 2 aromatic carbocycles. The first-order chi connectivity index (χ1) is 12.0. The van der Waals surface area contributed by atoms with Crippen molar-refractivity contribution in [3.8, 4) is 6.07 Å². The average Bonchev–Trinajstić information content (AvgIpc) is 3.01.